The number of unbranched alkanes of at least 4 members (excludes halogenated alkanes) is 2. The van der Waals surface area contributed by atoms with Crippen LogP contribution in [0.3, 0.4) is 0 Å². The maximum atomic E-state index is 3.70. The third kappa shape index (κ3) is 9.27. The Balaban J connectivity index is 3.61. The summed E-state index contributed by atoms with van der Waals surface area (Å²) in [5.74, 6) is 0. The molecule has 0 fully saturated rings. The molecule has 0 saturated carbocycles. The van der Waals surface area contributed by atoms with Crippen molar-refractivity contribution in [2.24, 2.45) is 0 Å². The van der Waals surface area contributed by atoms with E-state index in [1.807, 2.05) is 6.08 Å². The van der Waals surface area contributed by atoms with Crippen molar-refractivity contribution in [1.29, 1.82) is 0 Å². The average Bonchev–Trinajstić information content (AvgIpc) is 2.21. The van der Waals surface area contributed by atoms with Crippen molar-refractivity contribution >= 4 is 0 Å². The molecule has 15 heavy (non-hydrogen) atoms. The maximum Gasteiger partial charge on any atom is -0.0166 e. The molecule has 0 spiro atoms. The first-order chi connectivity index (χ1) is 7.18. The highest BCUT2D eigenvalue weighted by Crippen LogP contribution is 2.04. The molecule has 0 atom stereocenters. The predicted octanol–water partition coefficient (Wildman–Crippen LogP) is 5.20. The molecule has 0 unspecified atom stereocenters. The van der Waals surface area contributed by atoms with Crippen molar-refractivity contribution in [3.8, 4) is 0 Å². The minimum atomic E-state index is 1.04. The Kier molecular flexibility index (Phi) is 8.85. The predicted molar refractivity (Wildman–Crippen MR) is 71.0 cm³/mol. The van der Waals surface area contributed by atoms with Crippen molar-refractivity contribution in [2.45, 2.75) is 46.5 Å². The molecule has 0 bridgehead atoms. The van der Waals surface area contributed by atoms with Crippen LogP contribution in [0.1, 0.15) is 46.5 Å². The van der Waals surface area contributed by atoms with Gasteiger partial charge in [0, 0.05) is 0 Å². The Morgan fingerprint density at radius 3 is 2.33 bits per heavy atom. The Hall–Kier alpha value is -1.04. The molecule has 0 heterocycles. The van der Waals surface area contributed by atoms with Crippen molar-refractivity contribution in [3.05, 3.63) is 48.1 Å². The smallest absolute Gasteiger partial charge is 0.0166 e. The molecule has 0 rings (SSSR count). The molecule has 0 amide bonds. The summed E-state index contributed by atoms with van der Waals surface area (Å²) in [6.45, 7) is 10.1. The van der Waals surface area contributed by atoms with Gasteiger partial charge in [0.25, 0.3) is 0 Å². The first-order valence-corrected chi connectivity index (χ1v) is 5.75. The van der Waals surface area contributed by atoms with Crippen LogP contribution in [0.25, 0.3) is 0 Å². The highest BCUT2D eigenvalue weighted by molar-refractivity contribution is 5.21. The van der Waals surface area contributed by atoms with Gasteiger partial charge < -0.3 is 0 Å². The summed E-state index contributed by atoms with van der Waals surface area (Å²) in [6, 6.07) is 0. The van der Waals surface area contributed by atoms with E-state index in [0.717, 1.165) is 12.8 Å². The van der Waals surface area contributed by atoms with Gasteiger partial charge in [-0.3, -0.25) is 0 Å². The fourth-order valence-electron chi connectivity index (χ4n) is 1.08. The van der Waals surface area contributed by atoms with Crippen LogP contribution in [0.5, 0.6) is 0 Å². The molecule has 84 valence electrons. The minimum absolute atomic E-state index is 1.04. The molecule has 0 nitrogen and oxygen atoms in total. The Morgan fingerprint density at radius 2 is 1.73 bits per heavy atom. The molecule has 0 aliphatic heterocycles. The van der Waals surface area contributed by atoms with Gasteiger partial charge in [-0.15, -0.1) is 6.58 Å². The van der Waals surface area contributed by atoms with E-state index in [1.54, 1.807) is 0 Å². The van der Waals surface area contributed by atoms with E-state index in [4.69, 9.17) is 0 Å². The molecule has 0 aromatic carbocycles. The van der Waals surface area contributed by atoms with E-state index in [-0.39, 0.29) is 0 Å². The van der Waals surface area contributed by atoms with Crippen LogP contribution in [0, 0.1) is 0 Å². The zero-order valence-corrected chi connectivity index (χ0v) is 10.4. The van der Waals surface area contributed by atoms with Gasteiger partial charge in [-0.1, -0.05) is 41.5 Å². The third-order valence-corrected chi connectivity index (χ3v) is 2.37. The summed E-state index contributed by atoms with van der Waals surface area (Å²) < 4.78 is 0. The quantitative estimate of drug-likeness (QED) is 0.304. The monoisotopic (exact) mass is 204 g/mol. The first-order valence-electron chi connectivity index (χ1n) is 5.75. The van der Waals surface area contributed by atoms with Crippen molar-refractivity contribution in [3.63, 3.8) is 0 Å². The lowest BCUT2D eigenvalue weighted by molar-refractivity contribution is 0.867. The summed E-state index contributed by atoms with van der Waals surface area (Å²) in [4.78, 5) is 0. The van der Waals surface area contributed by atoms with E-state index in [1.165, 1.54) is 24.0 Å². The normalized spacial score (nSPS) is 11.1. The minimum Gasteiger partial charge on any atom is -0.103 e. The lowest BCUT2D eigenvalue weighted by Gasteiger charge is -1.94. The molecule has 0 saturated heterocycles. The van der Waals surface area contributed by atoms with Gasteiger partial charge in [0.1, 0.15) is 0 Å². The molecule has 0 N–H and O–H groups in total. The molecular weight excluding hydrogens is 180 g/mol. The Bertz CT molecular complexity index is 247. The number of allylic oxidation sites excluding steroid dienone is 7. The summed E-state index contributed by atoms with van der Waals surface area (Å²) >= 11 is 0. The summed E-state index contributed by atoms with van der Waals surface area (Å²) in [5.41, 5.74) is 2.76. The van der Waals surface area contributed by atoms with Gasteiger partial charge in [-0.05, 0) is 46.5 Å². The van der Waals surface area contributed by atoms with E-state index >= 15 is 0 Å². The van der Waals surface area contributed by atoms with Crippen molar-refractivity contribution in [2.75, 3.05) is 0 Å². The first kappa shape index (κ1) is 14.0. The van der Waals surface area contributed by atoms with Gasteiger partial charge in [0.05, 0.1) is 0 Å². The Morgan fingerprint density at radius 1 is 1.00 bits per heavy atom. The van der Waals surface area contributed by atoms with E-state index in [9.17, 15) is 0 Å². The van der Waals surface area contributed by atoms with Gasteiger partial charge in [0.15, 0.2) is 0 Å². The number of hydrogen-bond donors (Lipinski definition) is 0. The second-order valence-electron chi connectivity index (χ2n) is 4.01. The van der Waals surface area contributed by atoms with Crippen LogP contribution in [0.2, 0.25) is 0 Å². The fraction of sp³-hybridized carbons (Fsp3) is 0.467. The molecule has 0 radical (unpaired) electrons. The van der Waals surface area contributed by atoms with Crippen LogP contribution in [-0.2, 0) is 0 Å². The third-order valence-electron chi connectivity index (χ3n) is 2.37. The summed E-state index contributed by atoms with van der Waals surface area (Å²) in [7, 11) is 0. The molecule has 0 aromatic rings. The zero-order valence-electron chi connectivity index (χ0n) is 10.4. The van der Waals surface area contributed by atoms with E-state index in [2.05, 4.69) is 51.7 Å². The summed E-state index contributed by atoms with van der Waals surface area (Å²) in [5, 5.41) is 0. The summed E-state index contributed by atoms with van der Waals surface area (Å²) in [6.07, 6.45) is 15.4. The molecule has 0 heteroatoms. The zero-order chi connectivity index (χ0) is 11.5. The number of rotatable bonds is 7. The standard InChI is InChI=1S/C15H24/c1-5-6-7-8-9-10-11-12-13-15(4)14(2)3/h5,9-10,12-13H,1,6-8,11H2,2-4H3. The fourth-order valence-corrected chi connectivity index (χ4v) is 1.08. The second-order valence-corrected chi connectivity index (χ2v) is 4.01. The van der Waals surface area contributed by atoms with Crippen LogP contribution in [-0.4, -0.2) is 0 Å². The van der Waals surface area contributed by atoms with Gasteiger partial charge in [-0.25, -0.2) is 0 Å². The van der Waals surface area contributed by atoms with E-state index in [0.29, 0.717) is 0 Å². The molecule has 0 aliphatic carbocycles. The lowest BCUT2D eigenvalue weighted by atomic mass is 10.1. The maximum absolute atomic E-state index is 3.70. The Labute approximate surface area is 95.1 Å². The van der Waals surface area contributed by atoms with Crippen molar-refractivity contribution in [1.82, 2.24) is 0 Å². The van der Waals surface area contributed by atoms with Crippen LogP contribution >= 0.6 is 0 Å². The van der Waals surface area contributed by atoms with Crippen LogP contribution in [0.15, 0.2) is 48.1 Å². The van der Waals surface area contributed by atoms with E-state index < -0.39 is 0 Å². The molecule has 0 aliphatic rings. The second kappa shape index (κ2) is 9.51. The average molecular weight is 204 g/mol. The number of hydrogen-bond acceptors (Lipinski definition) is 0. The van der Waals surface area contributed by atoms with Crippen LogP contribution < -0.4 is 0 Å². The van der Waals surface area contributed by atoms with Crippen LogP contribution in [0.4, 0.5) is 0 Å². The highest BCUT2D eigenvalue weighted by Gasteiger charge is 1.83. The highest BCUT2D eigenvalue weighted by atomic mass is 13.9. The van der Waals surface area contributed by atoms with Gasteiger partial charge in [-0.2, -0.15) is 0 Å². The van der Waals surface area contributed by atoms with Gasteiger partial charge >= 0.3 is 0 Å². The SMILES string of the molecule is C=CCCCC=CCC=CC(C)=C(C)C. The molecule has 0 aromatic heterocycles. The van der Waals surface area contributed by atoms with Crippen molar-refractivity contribution < 1.29 is 0 Å². The lowest BCUT2D eigenvalue weighted by Crippen LogP contribution is -1.73. The molecular formula is C15H24. The van der Waals surface area contributed by atoms with Gasteiger partial charge in [0.2, 0.25) is 0 Å². The topological polar surface area (TPSA) is 0 Å². The largest absolute Gasteiger partial charge is 0.103 e.